The topological polar surface area (TPSA) is 103 Å². The summed E-state index contributed by atoms with van der Waals surface area (Å²) < 4.78 is 46.4. The Labute approximate surface area is 187 Å². The highest BCUT2D eigenvalue weighted by Crippen LogP contribution is 2.31. The van der Waals surface area contributed by atoms with Crippen LogP contribution >= 0.6 is 0 Å². The van der Waals surface area contributed by atoms with Crippen molar-refractivity contribution < 1.29 is 27.5 Å². The summed E-state index contributed by atoms with van der Waals surface area (Å²) in [5, 5.41) is 13.5. The fourth-order valence-electron chi connectivity index (χ4n) is 2.82. The lowest BCUT2D eigenvalue weighted by Crippen LogP contribution is -2.30. The van der Waals surface area contributed by atoms with Gasteiger partial charge in [0.25, 0.3) is 11.8 Å². The first kappa shape index (κ1) is 23.8. The fourth-order valence-corrected chi connectivity index (χ4v) is 2.82. The van der Waals surface area contributed by atoms with Gasteiger partial charge in [0.05, 0.1) is 17.4 Å². The summed E-state index contributed by atoms with van der Waals surface area (Å²) in [5.41, 5.74) is -0.389. The Morgan fingerprint density at radius 2 is 1.94 bits per heavy atom. The molecule has 0 aliphatic rings. The molecular weight excluding hydrogens is 441 g/mol. The number of hydrogen-bond acceptors (Lipinski definition) is 5. The van der Waals surface area contributed by atoms with Crippen LogP contribution in [0.4, 0.5) is 18.9 Å². The zero-order chi connectivity index (χ0) is 24.2. The lowest BCUT2D eigenvalue weighted by atomic mass is 10.2. The summed E-state index contributed by atoms with van der Waals surface area (Å²) in [4.78, 5) is 25.0. The molecule has 0 fully saturated rings. The second kappa shape index (κ2) is 9.76. The van der Waals surface area contributed by atoms with Crippen molar-refractivity contribution in [2.75, 3.05) is 11.9 Å². The van der Waals surface area contributed by atoms with Crippen molar-refractivity contribution in [3.8, 4) is 5.75 Å². The normalized spacial score (nSPS) is 11.5. The molecule has 3 rings (SSSR count). The number of anilines is 1. The van der Waals surface area contributed by atoms with Gasteiger partial charge in [0.15, 0.2) is 12.4 Å². The summed E-state index contributed by atoms with van der Waals surface area (Å²) in [6, 6.07) is 5.87. The molecule has 176 valence electrons. The molecule has 1 aromatic carbocycles. The van der Waals surface area contributed by atoms with Crippen molar-refractivity contribution in [2.24, 2.45) is 13.0 Å². The predicted octanol–water partition coefficient (Wildman–Crippen LogP) is 3.31. The number of benzene rings is 1. The molecule has 0 spiro atoms. The first-order chi connectivity index (χ1) is 15.5. The van der Waals surface area contributed by atoms with Crippen molar-refractivity contribution in [3.63, 3.8) is 0 Å². The van der Waals surface area contributed by atoms with E-state index in [4.69, 9.17) is 4.74 Å². The quantitative estimate of drug-likeness (QED) is 0.533. The molecule has 2 aromatic heterocycles. The molecule has 0 aliphatic heterocycles. The molecule has 33 heavy (non-hydrogen) atoms. The minimum absolute atomic E-state index is 0.0127. The van der Waals surface area contributed by atoms with Crippen molar-refractivity contribution in [1.29, 1.82) is 0 Å². The van der Waals surface area contributed by atoms with Gasteiger partial charge in [0, 0.05) is 19.8 Å². The van der Waals surface area contributed by atoms with E-state index in [0.29, 0.717) is 6.54 Å². The highest BCUT2D eigenvalue weighted by molar-refractivity contribution is 6.07. The standard InChI is InChI=1S/C21H23F3N6O3/c1-13(2)10-25-20(32)18-17(11-26-29(18)3)27-19(31)16-7-8-30(28-16)12-33-15-6-4-5-14(9-15)21(22,23)24/h4-9,11,13H,10,12H2,1-3H3,(H,25,32)(H,27,31). The van der Waals surface area contributed by atoms with Gasteiger partial charge >= 0.3 is 6.18 Å². The molecular formula is C21H23F3N6O3. The Morgan fingerprint density at radius 1 is 1.18 bits per heavy atom. The third-order valence-corrected chi connectivity index (χ3v) is 4.47. The summed E-state index contributed by atoms with van der Waals surface area (Å²) >= 11 is 0. The van der Waals surface area contributed by atoms with Crippen LogP contribution in [0.1, 0.15) is 40.4 Å². The van der Waals surface area contributed by atoms with E-state index in [1.165, 1.54) is 40.0 Å². The maximum Gasteiger partial charge on any atom is 0.416 e. The second-order valence-electron chi connectivity index (χ2n) is 7.63. The predicted molar refractivity (Wildman–Crippen MR) is 113 cm³/mol. The van der Waals surface area contributed by atoms with Crippen LogP contribution < -0.4 is 15.4 Å². The van der Waals surface area contributed by atoms with Crippen molar-refractivity contribution >= 4 is 17.5 Å². The highest BCUT2D eigenvalue weighted by atomic mass is 19.4. The highest BCUT2D eigenvalue weighted by Gasteiger charge is 2.30. The molecule has 0 saturated carbocycles. The maximum absolute atomic E-state index is 12.8. The molecule has 0 atom stereocenters. The molecule has 2 heterocycles. The molecule has 2 amide bonds. The molecule has 12 heteroatoms. The number of hydrogen-bond donors (Lipinski definition) is 2. The summed E-state index contributed by atoms with van der Waals surface area (Å²) in [6.45, 7) is 4.18. The van der Waals surface area contributed by atoms with Crippen LogP contribution in [0.2, 0.25) is 0 Å². The summed E-state index contributed by atoms with van der Waals surface area (Å²) in [5.74, 6) is -0.696. The molecule has 0 bridgehead atoms. The Bertz CT molecular complexity index is 1140. The molecule has 0 unspecified atom stereocenters. The van der Waals surface area contributed by atoms with Crippen molar-refractivity contribution in [2.45, 2.75) is 26.8 Å². The number of nitrogens with one attached hydrogen (secondary N) is 2. The van der Waals surface area contributed by atoms with Gasteiger partial charge in [-0.25, -0.2) is 4.68 Å². The Balaban J connectivity index is 1.64. The van der Waals surface area contributed by atoms with E-state index < -0.39 is 17.6 Å². The van der Waals surface area contributed by atoms with Gasteiger partial charge in [0.2, 0.25) is 0 Å². The third kappa shape index (κ3) is 6.11. The number of aromatic nitrogens is 4. The Hall–Kier alpha value is -3.83. The van der Waals surface area contributed by atoms with Gasteiger partial charge in [-0.2, -0.15) is 23.4 Å². The summed E-state index contributed by atoms with van der Waals surface area (Å²) in [7, 11) is 1.58. The molecule has 0 saturated heterocycles. The Morgan fingerprint density at radius 3 is 2.64 bits per heavy atom. The molecule has 0 radical (unpaired) electrons. The SMILES string of the molecule is CC(C)CNC(=O)c1c(NC(=O)c2ccn(COc3cccc(C(F)(F)F)c3)n2)cnn1C. The van der Waals surface area contributed by atoms with Gasteiger partial charge in [-0.3, -0.25) is 14.3 Å². The zero-order valence-corrected chi connectivity index (χ0v) is 18.2. The Kier molecular flexibility index (Phi) is 7.04. The first-order valence-corrected chi connectivity index (χ1v) is 9.99. The number of halogens is 3. The van der Waals surface area contributed by atoms with Crippen LogP contribution in [-0.4, -0.2) is 37.9 Å². The van der Waals surface area contributed by atoms with Crippen LogP contribution in [0, 0.1) is 5.92 Å². The fraction of sp³-hybridized carbons (Fsp3) is 0.333. The van der Waals surface area contributed by atoms with Crippen LogP contribution in [-0.2, 0) is 20.0 Å². The number of alkyl halides is 3. The minimum atomic E-state index is -4.48. The molecule has 0 aliphatic carbocycles. The zero-order valence-electron chi connectivity index (χ0n) is 18.2. The van der Waals surface area contributed by atoms with Crippen LogP contribution in [0.5, 0.6) is 5.75 Å². The summed E-state index contributed by atoms with van der Waals surface area (Å²) in [6.07, 6.45) is -1.68. The van der Waals surface area contributed by atoms with E-state index in [1.54, 1.807) is 7.05 Å². The monoisotopic (exact) mass is 464 g/mol. The molecule has 2 N–H and O–H groups in total. The van der Waals surface area contributed by atoms with E-state index in [9.17, 15) is 22.8 Å². The average molecular weight is 464 g/mol. The van der Waals surface area contributed by atoms with E-state index in [2.05, 4.69) is 20.8 Å². The van der Waals surface area contributed by atoms with Crippen LogP contribution in [0.25, 0.3) is 0 Å². The number of aryl methyl sites for hydroxylation is 1. The lowest BCUT2D eigenvalue weighted by molar-refractivity contribution is -0.137. The third-order valence-electron chi connectivity index (χ3n) is 4.47. The van der Waals surface area contributed by atoms with E-state index in [0.717, 1.165) is 12.1 Å². The van der Waals surface area contributed by atoms with Gasteiger partial charge in [-0.15, -0.1) is 0 Å². The van der Waals surface area contributed by atoms with E-state index in [1.807, 2.05) is 13.8 Å². The largest absolute Gasteiger partial charge is 0.471 e. The van der Waals surface area contributed by atoms with Gasteiger partial charge in [-0.1, -0.05) is 19.9 Å². The van der Waals surface area contributed by atoms with Crippen molar-refractivity contribution in [3.05, 3.63) is 59.7 Å². The number of ether oxygens (including phenoxy) is 1. The number of rotatable bonds is 8. The van der Waals surface area contributed by atoms with E-state index in [-0.39, 0.29) is 41.4 Å². The smallest absolute Gasteiger partial charge is 0.416 e. The molecule has 3 aromatic rings. The van der Waals surface area contributed by atoms with Gasteiger partial charge in [-0.05, 0) is 30.2 Å². The maximum atomic E-state index is 12.8. The first-order valence-electron chi connectivity index (χ1n) is 9.99. The van der Waals surface area contributed by atoms with Gasteiger partial charge in [0.1, 0.15) is 11.4 Å². The lowest BCUT2D eigenvalue weighted by Gasteiger charge is -2.10. The van der Waals surface area contributed by atoms with Crippen LogP contribution in [0.3, 0.4) is 0 Å². The van der Waals surface area contributed by atoms with Crippen LogP contribution in [0.15, 0.2) is 42.7 Å². The van der Waals surface area contributed by atoms with Gasteiger partial charge < -0.3 is 15.4 Å². The number of carbonyl (C=O) groups is 2. The molecule has 9 nitrogen and oxygen atoms in total. The minimum Gasteiger partial charge on any atom is -0.471 e. The second-order valence-corrected chi connectivity index (χ2v) is 7.63. The van der Waals surface area contributed by atoms with Crippen molar-refractivity contribution in [1.82, 2.24) is 24.9 Å². The van der Waals surface area contributed by atoms with E-state index >= 15 is 0 Å². The number of carbonyl (C=O) groups excluding carboxylic acids is 2. The average Bonchev–Trinajstić information content (AvgIpc) is 3.37. The number of nitrogens with zero attached hydrogens (tertiary/aromatic N) is 4. The number of amides is 2.